The van der Waals surface area contributed by atoms with Gasteiger partial charge in [0.2, 0.25) is 6.79 Å². The van der Waals surface area contributed by atoms with Gasteiger partial charge in [-0.15, -0.1) is 0 Å². The molecule has 8 N–H and O–H groups in total. The van der Waals surface area contributed by atoms with E-state index in [-0.39, 0.29) is 52.7 Å². The minimum absolute atomic E-state index is 0.0901. The second-order valence-electron chi connectivity index (χ2n) is 18.3. The van der Waals surface area contributed by atoms with Crippen molar-refractivity contribution in [2.45, 2.75) is 12.4 Å². The Hall–Kier alpha value is -11.4. The quantitative estimate of drug-likeness (QED) is 0.0382. The predicted octanol–water partition coefficient (Wildman–Crippen LogP) is 11.4. The van der Waals surface area contributed by atoms with Crippen LogP contribution in [0.1, 0.15) is 53.2 Å². The van der Waals surface area contributed by atoms with Gasteiger partial charge in [0, 0.05) is 28.5 Å². The van der Waals surface area contributed by atoms with Gasteiger partial charge in [-0.3, -0.25) is 4.98 Å². The summed E-state index contributed by atoms with van der Waals surface area (Å²) in [4.78, 5) is 65.2. The van der Waals surface area contributed by atoms with Crippen molar-refractivity contribution in [1.29, 1.82) is 0 Å². The third-order valence-corrected chi connectivity index (χ3v) is 13.0. The summed E-state index contributed by atoms with van der Waals surface area (Å²) < 4.78 is 236. The van der Waals surface area contributed by atoms with E-state index in [0.717, 1.165) is 54.9 Å². The molecule has 0 atom stereocenters. The molecule has 96 heavy (non-hydrogen) atoms. The second-order valence-corrected chi connectivity index (χ2v) is 18.7. The van der Waals surface area contributed by atoms with Crippen LogP contribution in [0.3, 0.4) is 0 Å². The van der Waals surface area contributed by atoms with E-state index in [1.54, 1.807) is 18.2 Å². The standard InChI is InChI=1S/C15H10F6N2O3.C15H13FN2O5.C14H10ClF3N2O3.C14H11F4N3O3/c1-25-13-10(22)9(18)11(23-12(13)14(24)26-2)5-3-4-6(15(19,20)21)8(17)7(5)16;1-20-14-11(17)10(16)12(18-13(14)15(19)21-2)7-3-4-8-9(5-7)23-6-22-8;1-22-13-10(19)9(18)11(20-12(13)14(21)23-2)5-3-8(17)6(15)4-7(5)16;1-23-12-9(19)8(15)10(21-11(12)13(22)24-2)6-3-4-7(20-5-6)14(16,17)18/h3-4H,1-2H3,(H2,22,23);3-5H,6H2,1-2H3,(H2,17,18);3-4H,1-2H3,(H2,19,20);3-5H,1-2H3,(H2,19,21). The fraction of sp³-hybridized carbons (Fsp3) is 0.190. The molecule has 1 aliphatic heterocycles. The molecule has 0 aliphatic carbocycles. The highest BCUT2D eigenvalue weighted by atomic mass is 35.5. The molecular weight excluding hydrogens is 1350 g/mol. The average Bonchev–Trinajstić information content (AvgIpc) is 0.847. The lowest BCUT2D eigenvalue weighted by Gasteiger charge is -2.15. The minimum atomic E-state index is -5.16. The number of anilines is 4. The molecule has 0 saturated carbocycles. The molecule has 8 aromatic rings. The molecule has 9 rings (SSSR count). The number of alkyl halides is 6. The maximum atomic E-state index is 14.5. The average molecular weight is 1390 g/mol. The molecule has 0 radical (unpaired) electrons. The van der Waals surface area contributed by atoms with Crippen molar-refractivity contribution in [2.75, 3.05) is 86.6 Å². The number of hydrogen-bond donors (Lipinski definition) is 4. The summed E-state index contributed by atoms with van der Waals surface area (Å²) in [6, 6.07) is 8.39. The van der Waals surface area contributed by atoms with Crippen LogP contribution < -0.4 is 51.4 Å². The summed E-state index contributed by atoms with van der Waals surface area (Å²) in [5, 5.41) is -0.485. The number of nitrogens with two attached hydrogens (primary N) is 4. The fourth-order valence-corrected chi connectivity index (χ4v) is 8.32. The van der Waals surface area contributed by atoms with Gasteiger partial charge in [-0.05, 0) is 54.6 Å². The van der Waals surface area contributed by atoms with E-state index in [9.17, 15) is 80.6 Å². The van der Waals surface area contributed by atoms with Crippen LogP contribution in [0.15, 0.2) is 60.8 Å². The first-order valence-electron chi connectivity index (χ1n) is 25.7. The van der Waals surface area contributed by atoms with Gasteiger partial charge in [0.05, 0.1) is 67.5 Å². The lowest BCUT2D eigenvalue weighted by molar-refractivity contribution is -0.141. The Morgan fingerprint density at radius 1 is 0.438 bits per heavy atom. The number of fused-ring (bicyclic) bond motifs is 1. The van der Waals surface area contributed by atoms with E-state index in [4.69, 9.17) is 63.0 Å². The van der Waals surface area contributed by atoms with E-state index in [1.807, 2.05) is 0 Å². The first-order chi connectivity index (χ1) is 45.1. The number of hydrogen-bond acceptors (Lipinski definition) is 23. The summed E-state index contributed by atoms with van der Waals surface area (Å²) in [6.07, 6.45) is -9.02. The smallest absolute Gasteiger partial charge is 0.433 e. The van der Waals surface area contributed by atoms with Crippen molar-refractivity contribution in [2.24, 2.45) is 0 Å². The van der Waals surface area contributed by atoms with Gasteiger partial charge < -0.3 is 70.3 Å². The first kappa shape index (κ1) is 73.6. The summed E-state index contributed by atoms with van der Waals surface area (Å²) in [7, 11) is 8.87. The third kappa shape index (κ3) is 15.1. The van der Waals surface area contributed by atoms with Gasteiger partial charge in [0.1, 0.15) is 62.9 Å². The van der Waals surface area contributed by atoms with E-state index < -0.39 is 167 Å². The van der Waals surface area contributed by atoms with E-state index >= 15 is 0 Å². The van der Waals surface area contributed by atoms with Gasteiger partial charge in [0.15, 0.2) is 92.2 Å². The van der Waals surface area contributed by atoms with Gasteiger partial charge in [-0.1, -0.05) is 11.6 Å². The lowest BCUT2D eigenvalue weighted by atomic mass is 10.0. The Labute approximate surface area is 534 Å². The highest BCUT2D eigenvalue weighted by molar-refractivity contribution is 6.30. The molecule has 5 aromatic heterocycles. The van der Waals surface area contributed by atoms with Crippen LogP contribution in [0.25, 0.3) is 45.0 Å². The number of halogens is 15. The zero-order chi connectivity index (χ0) is 71.7. The lowest BCUT2D eigenvalue weighted by Crippen LogP contribution is -2.14. The number of carbonyl (C=O) groups is 4. The van der Waals surface area contributed by atoms with Crippen molar-refractivity contribution in [3.8, 4) is 79.5 Å². The number of nitrogens with zero attached hydrogens (tertiary/aromatic N) is 5. The molecule has 1 aliphatic rings. The van der Waals surface area contributed by atoms with Gasteiger partial charge in [-0.25, -0.2) is 74.2 Å². The number of benzene rings is 3. The second kappa shape index (κ2) is 30.1. The highest BCUT2D eigenvalue weighted by Crippen LogP contribution is 2.43. The minimum Gasteiger partial charge on any atom is -0.492 e. The fourth-order valence-electron chi connectivity index (χ4n) is 8.17. The Bertz CT molecular complexity index is 4350. The monoisotopic (exact) mass is 1390 g/mol. The molecule has 0 fully saturated rings. The molecule has 510 valence electrons. The molecule has 0 bridgehead atoms. The van der Waals surface area contributed by atoms with E-state index in [2.05, 4.69) is 43.9 Å². The molecule has 0 amide bonds. The van der Waals surface area contributed by atoms with E-state index in [0.29, 0.717) is 41.3 Å². The normalized spacial score (nSPS) is 11.3. The summed E-state index contributed by atoms with van der Waals surface area (Å²) >= 11 is 5.45. The number of aromatic nitrogens is 5. The van der Waals surface area contributed by atoms with Crippen molar-refractivity contribution >= 4 is 58.2 Å². The van der Waals surface area contributed by atoms with Crippen molar-refractivity contribution in [3.63, 3.8) is 0 Å². The zero-order valence-electron chi connectivity index (χ0n) is 49.9. The summed E-state index contributed by atoms with van der Waals surface area (Å²) in [6.45, 7) is 0.0901. The van der Waals surface area contributed by atoms with Crippen molar-refractivity contribution in [1.82, 2.24) is 24.9 Å². The predicted molar refractivity (Wildman–Crippen MR) is 307 cm³/mol. The van der Waals surface area contributed by atoms with E-state index in [1.165, 1.54) is 14.2 Å². The number of esters is 4. The first-order valence-corrected chi connectivity index (χ1v) is 26.1. The Morgan fingerprint density at radius 2 is 0.823 bits per heavy atom. The Kier molecular flexibility index (Phi) is 23.1. The number of methoxy groups -OCH3 is 8. The molecular formula is C58H44ClF14N9O14. The molecule has 0 spiro atoms. The SMILES string of the molecule is COC(=O)c1nc(-c2cc(F)c(Cl)cc2F)c(F)c(N)c1OC.COC(=O)c1nc(-c2ccc(C(F)(F)F)c(F)c2F)c(F)c(N)c1OC.COC(=O)c1nc(-c2ccc(C(F)(F)F)nc2)c(F)c(N)c1OC.COC(=O)c1nc(-c2ccc3c(c2)OCO3)c(F)c(N)c1OC. The van der Waals surface area contributed by atoms with Crippen LogP contribution >= 0.6 is 11.6 Å². The van der Waals surface area contributed by atoms with Crippen LogP contribution in [-0.2, 0) is 31.3 Å². The number of carbonyl (C=O) groups excluding carboxylic acids is 4. The number of ether oxygens (including phenoxy) is 10. The maximum Gasteiger partial charge on any atom is 0.433 e. The molecule has 0 saturated heterocycles. The van der Waals surface area contributed by atoms with Crippen LogP contribution in [0.5, 0.6) is 34.5 Å². The highest BCUT2D eigenvalue weighted by Gasteiger charge is 2.38. The maximum absolute atomic E-state index is 14.5. The molecule has 6 heterocycles. The third-order valence-electron chi connectivity index (χ3n) is 12.7. The number of nitrogen functional groups attached to an aromatic ring is 4. The van der Waals surface area contributed by atoms with Gasteiger partial charge >= 0.3 is 36.2 Å². The van der Waals surface area contributed by atoms with Gasteiger partial charge in [-0.2, -0.15) is 26.3 Å². The molecule has 38 heteroatoms. The Morgan fingerprint density at radius 3 is 1.21 bits per heavy atom. The zero-order valence-corrected chi connectivity index (χ0v) is 50.7. The van der Waals surface area contributed by atoms with Crippen molar-refractivity contribution < 1.29 is 128 Å². The number of rotatable bonds is 12. The summed E-state index contributed by atoms with van der Waals surface area (Å²) in [5.74, 6) is -14.9. The Balaban J connectivity index is 0.000000203. The molecule has 23 nitrogen and oxygen atoms in total. The van der Waals surface area contributed by atoms with Crippen LogP contribution in [0.4, 0.5) is 84.2 Å². The molecule has 3 aromatic carbocycles. The van der Waals surface area contributed by atoms with Gasteiger partial charge in [0.25, 0.3) is 0 Å². The topological polar surface area (TPSA) is 329 Å². The largest absolute Gasteiger partial charge is 0.492 e. The number of pyridine rings is 5. The van der Waals surface area contributed by atoms with Crippen molar-refractivity contribution in [3.05, 3.63) is 146 Å². The van der Waals surface area contributed by atoms with Crippen LogP contribution in [0.2, 0.25) is 5.02 Å². The van der Waals surface area contributed by atoms with Crippen LogP contribution in [-0.4, -0.2) is 112 Å². The summed E-state index contributed by atoms with van der Waals surface area (Å²) in [5.41, 5.74) is 11.9. The van der Waals surface area contributed by atoms with Crippen LogP contribution in [0, 0.1) is 46.5 Å². The molecule has 0 unspecified atom stereocenters.